The number of likely N-dealkylation sites (N-methyl/N-ethyl adjacent to an activating group) is 1. The Morgan fingerprint density at radius 3 is 2.44 bits per heavy atom. The molecule has 1 saturated heterocycles. The van der Waals surface area contributed by atoms with E-state index in [4.69, 9.17) is 10.5 Å². The van der Waals surface area contributed by atoms with Crippen LogP contribution in [-0.4, -0.2) is 94.0 Å². The number of hydrogen-bond donors (Lipinski definition) is 3. The Kier molecular flexibility index (Phi) is 5.85. The van der Waals surface area contributed by atoms with Crippen LogP contribution in [0, 0.1) is 29.5 Å². The van der Waals surface area contributed by atoms with E-state index in [1.54, 1.807) is 0 Å². The topological polar surface area (TPSA) is 168 Å². The minimum atomic E-state index is -2.80. The molecule has 2 unspecified atom stereocenters. The molecule has 39 heavy (non-hydrogen) atoms. The number of carbonyl (C=O) groups excluding carboxylic acids is 5. The first-order valence-corrected chi connectivity index (χ1v) is 13.1. The number of ether oxygens (including phenoxy) is 1. The maximum atomic E-state index is 16.0. The summed E-state index contributed by atoms with van der Waals surface area (Å²) in [7, 11) is 3.02. The van der Waals surface area contributed by atoms with Gasteiger partial charge in [-0.05, 0) is 39.3 Å². The monoisotopic (exact) mass is 543 g/mol. The largest absolute Gasteiger partial charge is 0.507 e. The number of hydrogen-bond acceptors (Lipinski definition) is 10. The molecule has 4 N–H and O–H groups in total. The summed E-state index contributed by atoms with van der Waals surface area (Å²) in [6, 6.07) is -1.15. The summed E-state index contributed by atoms with van der Waals surface area (Å²) in [5, 5.41) is 22.8. The molecule has 0 bridgehead atoms. The van der Waals surface area contributed by atoms with Gasteiger partial charge in [-0.25, -0.2) is 4.39 Å². The number of halogens is 1. The minimum absolute atomic E-state index is 0.00476. The van der Waals surface area contributed by atoms with Gasteiger partial charge < -0.3 is 20.7 Å². The predicted molar refractivity (Wildman–Crippen MR) is 130 cm³/mol. The van der Waals surface area contributed by atoms with E-state index < -0.39 is 70.2 Å². The molecule has 208 valence electrons. The van der Waals surface area contributed by atoms with E-state index in [0.717, 1.165) is 6.42 Å². The first-order valence-electron chi connectivity index (χ1n) is 13.1. The molecule has 0 spiro atoms. The number of amides is 1. The average Bonchev–Trinajstić information content (AvgIpc) is 3.55. The summed E-state index contributed by atoms with van der Waals surface area (Å²) in [6.07, 6.45) is 0.553. The summed E-state index contributed by atoms with van der Waals surface area (Å²) < 4.78 is 21.4. The van der Waals surface area contributed by atoms with Crippen molar-refractivity contribution in [3.8, 4) is 5.75 Å². The number of phenolic OH excluding ortho intramolecular Hbond substituents is 1. The van der Waals surface area contributed by atoms with Crippen molar-refractivity contribution < 1.29 is 43.3 Å². The lowest BCUT2D eigenvalue weighted by Crippen LogP contribution is -2.74. The third-order valence-electron chi connectivity index (χ3n) is 9.52. The van der Waals surface area contributed by atoms with Crippen LogP contribution >= 0.6 is 0 Å². The van der Waals surface area contributed by atoms with Crippen LogP contribution in [0.25, 0.3) is 0 Å². The first-order chi connectivity index (χ1) is 18.4. The number of ketones is 4. The minimum Gasteiger partial charge on any atom is -0.507 e. The van der Waals surface area contributed by atoms with Crippen LogP contribution < -0.4 is 5.73 Å². The highest BCUT2D eigenvalue weighted by Crippen LogP contribution is 2.52. The number of phenols is 1. The van der Waals surface area contributed by atoms with Crippen LogP contribution in [-0.2, 0) is 43.4 Å². The summed E-state index contributed by atoms with van der Waals surface area (Å²) in [4.78, 5) is 69.6. The van der Waals surface area contributed by atoms with Crippen molar-refractivity contribution in [2.75, 3.05) is 27.3 Å². The number of nitrogens with zero attached hydrogens (tertiary/aromatic N) is 2. The fourth-order valence-corrected chi connectivity index (χ4v) is 7.67. The van der Waals surface area contributed by atoms with E-state index in [2.05, 4.69) is 0 Å². The van der Waals surface area contributed by atoms with Crippen LogP contribution in [0.3, 0.4) is 0 Å². The number of rotatable bonds is 3. The lowest BCUT2D eigenvalue weighted by molar-refractivity contribution is -0.181. The zero-order valence-corrected chi connectivity index (χ0v) is 21.6. The number of Topliss-reactive ketones (excluding diaryl/α,β-unsaturated/α-hetero) is 4. The van der Waals surface area contributed by atoms with Gasteiger partial charge in [-0.15, -0.1) is 0 Å². The maximum Gasteiger partial charge on any atom is 0.235 e. The smallest absolute Gasteiger partial charge is 0.235 e. The standard InChI is InChI=1S/C27H30FN3O8/c1-30(2)20-15-6-10-5-12-17(21(32)14-8-31(7-13(14)19(12)28)11-3-4-39-9-11)22(33)16(10)24(35)27(15,38)25(36)18(23(20)34)26(29)37/h10-11,15-16,18,20,32,38H,3-9H2,1-2H3,(H2,29,37)/t10-,11+,15-,16?,18?,20-,27-/m0/s1. The predicted octanol–water partition coefficient (Wildman–Crippen LogP) is -0.889. The van der Waals surface area contributed by atoms with Crippen molar-refractivity contribution in [3.05, 3.63) is 28.1 Å². The number of aromatic hydroxyl groups is 1. The molecule has 6 rings (SSSR count). The maximum absolute atomic E-state index is 16.0. The van der Waals surface area contributed by atoms with Gasteiger partial charge in [0, 0.05) is 48.3 Å². The second-order valence-corrected chi connectivity index (χ2v) is 11.7. The van der Waals surface area contributed by atoms with Crippen molar-refractivity contribution in [2.24, 2.45) is 29.4 Å². The molecule has 2 aliphatic heterocycles. The van der Waals surface area contributed by atoms with Gasteiger partial charge in [0.25, 0.3) is 0 Å². The van der Waals surface area contributed by atoms with Crippen LogP contribution in [0.1, 0.15) is 39.9 Å². The van der Waals surface area contributed by atoms with E-state index in [1.807, 2.05) is 4.90 Å². The Hall–Kier alpha value is -3.06. The molecular formula is C27H30FN3O8. The molecule has 5 aliphatic rings. The molecular weight excluding hydrogens is 513 g/mol. The first kappa shape index (κ1) is 26.2. The van der Waals surface area contributed by atoms with Gasteiger partial charge in [-0.3, -0.25) is 33.8 Å². The van der Waals surface area contributed by atoms with Gasteiger partial charge in [-0.1, -0.05) is 0 Å². The normalized spacial score (nSPS) is 36.1. The molecule has 1 aromatic rings. The van der Waals surface area contributed by atoms with E-state index in [9.17, 15) is 34.2 Å². The zero-order chi connectivity index (χ0) is 28.1. The van der Waals surface area contributed by atoms with E-state index in [0.29, 0.717) is 18.8 Å². The van der Waals surface area contributed by atoms with Crippen LogP contribution in [0.5, 0.6) is 5.75 Å². The van der Waals surface area contributed by atoms with Gasteiger partial charge in [0.1, 0.15) is 11.6 Å². The molecule has 12 heteroatoms. The van der Waals surface area contributed by atoms with Gasteiger partial charge in [0.2, 0.25) is 5.91 Å². The number of nitrogens with two attached hydrogens (primary N) is 1. The second kappa shape index (κ2) is 8.72. The van der Waals surface area contributed by atoms with Gasteiger partial charge in [-0.2, -0.15) is 0 Å². The molecule has 11 nitrogen and oxygen atoms in total. The van der Waals surface area contributed by atoms with E-state index in [-0.39, 0.29) is 54.4 Å². The van der Waals surface area contributed by atoms with Crippen molar-refractivity contribution >= 4 is 29.0 Å². The van der Waals surface area contributed by atoms with Crippen molar-refractivity contribution in [1.29, 1.82) is 0 Å². The number of primary amides is 1. The van der Waals surface area contributed by atoms with Crippen molar-refractivity contribution in [2.45, 2.75) is 50.0 Å². The molecule has 3 fully saturated rings. The Morgan fingerprint density at radius 1 is 1.13 bits per heavy atom. The fraction of sp³-hybridized carbons (Fsp3) is 0.593. The lowest BCUT2D eigenvalue weighted by atomic mass is 9.52. The number of carbonyl (C=O) groups is 5. The number of aliphatic hydroxyl groups is 1. The Labute approximate surface area is 223 Å². The fourth-order valence-electron chi connectivity index (χ4n) is 7.67. The summed E-state index contributed by atoms with van der Waals surface area (Å²) in [6.45, 7) is 1.54. The van der Waals surface area contributed by atoms with E-state index >= 15 is 4.39 Å². The van der Waals surface area contributed by atoms with Crippen LogP contribution in [0.4, 0.5) is 4.39 Å². The van der Waals surface area contributed by atoms with Crippen LogP contribution in [0.15, 0.2) is 0 Å². The number of fused-ring (bicyclic) bond motifs is 4. The highest BCUT2D eigenvalue weighted by molar-refractivity contribution is 6.32. The molecule has 2 heterocycles. The van der Waals surface area contributed by atoms with E-state index in [1.165, 1.54) is 19.0 Å². The van der Waals surface area contributed by atoms with Crippen molar-refractivity contribution in [3.63, 3.8) is 0 Å². The molecule has 0 aromatic heterocycles. The number of benzene rings is 1. The summed E-state index contributed by atoms with van der Waals surface area (Å²) in [5.41, 5.74) is 2.82. The molecule has 1 aromatic carbocycles. The zero-order valence-electron chi connectivity index (χ0n) is 21.6. The third kappa shape index (κ3) is 3.38. The third-order valence-corrected chi connectivity index (χ3v) is 9.52. The molecule has 7 atom stereocenters. The highest BCUT2D eigenvalue weighted by atomic mass is 19.1. The molecule has 0 radical (unpaired) electrons. The van der Waals surface area contributed by atoms with Crippen molar-refractivity contribution in [1.82, 2.24) is 9.80 Å². The highest BCUT2D eigenvalue weighted by Gasteiger charge is 2.69. The molecule has 2 saturated carbocycles. The van der Waals surface area contributed by atoms with Crippen LogP contribution in [0.2, 0.25) is 0 Å². The average molecular weight is 544 g/mol. The lowest BCUT2D eigenvalue weighted by Gasteiger charge is -2.52. The Morgan fingerprint density at radius 2 is 1.82 bits per heavy atom. The van der Waals surface area contributed by atoms with Gasteiger partial charge >= 0.3 is 0 Å². The summed E-state index contributed by atoms with van der Waals surface area (Å²) >= 11 is 0. The van der Waals surface area contributed by atoms with Gasteiger partial charge in [0.15, 0.2) is 34.7 Å². The SMILES string of the molecule is CN(C)[C@@H]1C(=O)C(C(N)=O)C(=O)[C@@]2(O)C(=O)C3C(=O)c4c(O)c5c(c(F)c4C[C@H]3C[C@@H]12)CN([C@@H]1CCOC1)C5. The summed E-state index contributed by atoms with van der Waals surface area (Å²) in [5.74, 6) is -12.1. The Balaban J connectivity index is 1.43. The quantitative estimate of drug-likeness (QED) is 0.407. The second-order valence-electron chi connectivity index (χ2n) is 11.7. The van der Waals surface area contributed by atoms with Gasteiger partial charge in [0.05, 0.1) is 24.1 Å². The molecule has 3 aliphatic carbocycles. The Bertz CT molecular complexity index is 1350. The molecule has 1 amide bonds.